The number of aromatic amines is 3. The minimum atomic E-state index is -0.775. The van der Waals surface area contributed by atoms with Crippen LogP contribution >= 0.6 is 0 Å². The Hall–Kier alpha value is -11.5. The van der Waals surface area contributed by atoms with Crippen molar-refractivity contribution in [2.24, 2.45) is 0 Å². The first-order valence-electron chi connectivity index (χ1n) is 38.9. The SMILES string of the molecule is CN1CCN(C(=O)c2cc3cc(Cc4nccc(-c5cc(OC6CCOCC6)ccn5)n4)ccc3[nH]2)CC1.CN1CCN(C(=O)c2cc3cc(Cc4nccc(-c5cc(OCCC(C)(C)O)ccn5)n4)ccc3[nH]2)CC1.CN1CCN(C(=O)c2cc3cc(Cc4nccc(-c5cc(O[C@H]6CCOC6)ccn5)n4)ccc3[nH]2)CC1. The zero-order valence-electron chi connectivity index (χ0n) is 64.6. The number of ether oxygens (including phenoxy) is 5. The van der Waals surface area contributed by atoms with Crippen molar-refractivity contribution in [2.75, 3.05) is 133 Å². The van der Waals surface area contributed by atoms with Crippen molar-refractivity contribution in [3.05, 3.63) is 216 Å². The summed E-state index contributed by atoms with van der Waals surface area (Å²) in [6.07, 6.45) is 15.6. The van der Waals surface area contributed by atoms with E-state index in [4.69, 9.17) is 38.6 Å². The normalized spacial score (nSPS) is 16.7. The van der Waals surface area contributed by atoms with Crippen molar-refractivity contribution < 1.29 is 43.2 Å². The third-order valence-electron chi connectivity index (χ3n) is 20.9. The molecule has 3 amide bonds. The summed E-state index contributed by atoms with van der Waals surface area (Å²) in [7, 11) is 6.25. The van der Waals surface area contributed by atoms with E-state index in [1.54, 1.807) is 57.1 Å². The summed E-state index contributed by atoms with van der Waals surface area (Å²) in [5.74, 6) is 4.50. The van der Waals surface area contributed by atoms with Gasteiger partial charge in [0.1, 0.15) is 64.0 Å². The molecule has 0 radical (unpaired) electrons. The van der Waals surface area contributed by atoms with E-state index >= 15 is 0 Å². The van der Waals surface area contributed by atoms with E-state index in [-0.39, 0.29) is 29.9 Å². The van der Waals surface area contributed by atoms with Gasteiger partial charge in [-0.15, -0.1) is 0 Å². The maximum absolute atomic E-state index is 13.0. The van der Waals surface area contributed by atoms with Crippen LogP contribution in [0.3, 0.4) is 0 Å². The highest BCUT2D eigenvalue weighted by molar-refractivity contribution is 6.00. The van der Waals surface area contributed by atoms with Crippen LogP contribution < -0.4 is 14.2 Å². The molecule has 14 heterocycles. The summed E-state index contributed by atoms with van der Waals surface area (Å²) < 4.78 is 28.8. The molecule has 0 aliphatic carbocycles. The molecule has 0 unspecified atom stereocenters. The van der Waals surface area contributed by atoms with Gasteiger partial charge < -0.3 is 73.1 Å². The van der Waals surface area contributed by atoms with E-state index in [0.717, 1.165) is 201 Å². The fraction of sp³-hybridized carbons (Fsp3) is 0.372. The van der Waals surface area contributed by atoms with Crippen LogP contribution in [-0.2, 0) is 28.7 Å². The van der Waals surface area contributed by atoms with Crippen LogP contribution in [0.4, 0.5) is 0 Å². The number of benzene rings is 3. The topological polar surface area (TPSA) is 300 Å². The van der Waals surface area contributed by atoms with Crippen LogP contribution in [-0.4, -0.2) is 263 Å². The molecule has 1 atom stereocenters. The largest absolute Gasteiger partial charge is 0.493 e. The molecule has 17 rings (SSSR count). The summed E-state index contributed by atoms with van der Waals surface area (Å²) >= 11 is 0. The summed E-state index contributed by atoms with van der Waals surface area (Å²) in [6, 6.07) is 41.1. The second kappa shape index (κ2) is 35.5. The van der Waals surface area contributed by atoms with Gasteiger partial charge in [-0.05, 0) is 143 Å². The predicted octanol–water partition coefficient (Wildman–Crippen LogP) is 10.3. The molecule has 5 aliphatic heterocycles. The molecule has 4 N–H and O–H groups in total. The van der Waals surface area contributed by atoms with Gasteiger partial charge in [0.05, 0.1) is 72.8 Å². The van der Waals surface area contributed by atoms with Gasteiger partial charge in [0.2, 0.25) is 0 Å². The number of fused-ring (bicyclic) bond motifs is 3. The fourth-order valence-corrected chi connectivity index (χ4v) is 14.3. The Morgan fingerprint density at radius 3 is 1.13 bits per heavy atom. The number of nitrogens with one attached hydrogen (secondary N) is 3. The Balaban J connectivity index is 0.000000134. The van der Waals surface area contributed by atoms with Crippen LogP contribution in [0.5, 0.6) is 17.2 Å². The average Bonchev–Trinajstić information content (AvgIpc) is 1.69. The first kappa shape index (κ1) is 76.9. The van der Waals surface area contributed by atoms with Gasteiger partial charge in [-0.1, -0.05) is 18.2 Å². The number of nitrogens with zero attached hydrogens (tertiary/aromatic N) is 15. The third-order valence-corrected chi connectivity index (χ3v) is 20.9. The van der Waals surface area contributed by atoms with Crippen LogP contribution in [0, 0.1) is 0 Å². The zero-order chi connectivity index (χ0) is 77.8. The number of carbonyl (C=O) groups excluding carboxylic acids is 3. The molecule has 27 heteroatoms. The lowest BCUT2D eigenvalue weighted by atomic mass is 10.1. The molecule has 5 aliphatic rings. The molecular formula is C86H96N18O9. The Kier molecular flexibility index (Phi) is 24.1. The van der Waals surface area contributed by atoms with Crippen molar-refractivity contribution in [2.45, 2.75) is 76.6 Å². The molecule has 0 bridgehead atoms. The van der Waals surface area contributed by atoms with Gasteiger partial charge in [0, 0.05) is 212 Å². The summed E-state index contributed by atoms with van der Waals surface area (Å²) in [5.41, 5.74) is 11.6. The second-order valence-electron chi connectivity index (χ2n) is 30.3. The van der Waals surface area contributed by atoms with E-state index < -0.39 is 5.60 Å². The number of aromatic nitrogens is 12. The number of amides is 3. The minimum absolute atomic E-state index is 0.0469. The van der Waals surface area contributed by atoms with E-state index in [9.17, 15) is 19.5 Å². The lowest BCUT2D eigenvalue weighted by Gasteiger charge is -2.32. The number of likely N-dealkylation sites (N-methyl/N-ethyl adjacent to an activating group) is 3. The molecular weight excluding hydrogens is 1430 g/mol. The molecule has 584 valence electrons. The fourth-order valence-electron chi connectivity index (χ4n) is 14.3. The molecule has 5 saturated heterocycles. The van der Waals surface area contributed by atoms with Gasteiger partial charge >= 0.3 is 0 Å². The molecule has 5 fully saturated rings. The molecule has 0 spiro atoms. The number of pyridine rings is 3. The van der Waals surface area contributed by atoms with E-state index in [1.165, 1.54) is 0 Å². The highest BCUT2D eigenvalue weighted by atomic mass is 16.5. The third kappa shape index (κ3) is 20.3. The van der Waals surface area contributed by atoms with Crippen molar-refractivity contribution in [3.8, 4) is 51.4 Å². The van der Waals surface area contributed by atoms with Crippen molar-refractivity contribution in [1.82, 2.24) is 89.2 Å². The number of H-pyrrole nitrogens is 3. The number of piperazine rings is 3. The van der Waals surface area contributed by atoms with Gasteiger partial charge in [-0.3, -0.25) is 29.3 Å². The zero-order valence-corrected chi connectivity index (χ0v) is 64.6. The highest BCUT2D eigenvalue weighted by Crippen LogP contribution is 2.30. The molecule has 0 saturated carbocycles. The van der Waals surface area contributed by atoms with E-state index in [1.807, 2.05) is 106 Å². The molecule has 12 aromatic rings. The Bertz CT molecular complexity index is 5280. The lowest BCUT2D eigenvalue weighted by Crippen LogP contribution is -2.47. The van der Waals surface area contributed by atoms with Gasteiger partial charge in [0.15, 0.2) is 0 Å². The van der Waals surface area contributed by atoms with Crippen molar-refractivity contribution in [1.29, 1.82) is 0 Å². The van der Waals surface area contributed by atoms with Crippen LogP contribution in [0.25, 0.3) is 66.9 Å². The van der Waals surface area contributed by atoms with E-state index in [2.05, 4.69) is 111 Å². The first-order chi connectivity index (χ1) is 54.9. The maximum Gasteiger partial charge on any atom is 0.270 e. The monoisotopic (exact) mass is 1520 g/mol. The lowest BCUT2D eigenvalue weighted by molar-refractivity contribution is 0.0255. The van der Waals surface area contributed by atoms with Gasteiger partial charge in [-0.25, -0.2) is 29.9 Å². The molecule has 113 heavy (non-hydrogen) atoms. The number of carbonyl (C=O) groups is 3. The van der Waals surface area contributed by atoms with E-state index in [0.29, 0.717) is 90.6 Å². The van der Waals surface area contributed by atoms with Crippen LogP contribution in [0.1, 0.15) is 105 Å². The predicted molar refractivity (Wildman–Crippen MR) is 430 cm³/mol. The van der Waals surface area contributed by atoms with Gasteiger partial charge in [-0.2, -0.15) is 0 Å². The minimum Gasteiger partial charge on any atom is -0.493 e. The van der Waals surface area contributed by atoms with Crippen molar-refractivity contribution >= 4 is 50.4 Å². The first-order valence-corrected chi connectivity index (χ1v) is 38.9. The Morgan fingerprint density at radius 1 is 0.416 bits per heavy atom. The molecule has 27 nitrogen and oxygen atoms in total. The maximum atomic E-state index is 13.0. The average molecular weight is 1530 g/mol. The quantitative estimate of drug-likeness (QED) is 0.0551. The summed E-state index contributed by atoms with van der Waals surface area (Å²) in [6.45, 7) is 16.6. The number of hydrogen-bond acceptors (Lipinski definition) is 21. The summed E-state index contributed by atoms with van der Waals surface area (Å²) in [5, 5.41) is 12.9. The summed E-state index contributed by atoms with van der Waals surface area (Å²) in [4.78, 5) is 103. The van der Waals surface area contributed by atoms with Crippen molar-refractivity contribution in [3.63, 3.8) is 0 Å². The Labute approximate surface area is 656 Å². The Morgan fingerprint density at radius 2 is 0.761 bits per heavy atom. The standard InChI is InChI=1S/C29H32N6O3.C29H34N6O3.C28H30N6O3/c1-34-10-12-35(13-11-34)29(36)27-18-21-16-20(2-3-24(21)32-27)17-28-31-9-5-25(33-28)26-19-23(4-8-30-26)38-22-6-14-37-15-7-22;1-29(2,37)8-15-38-22-6-9-30-25(19-22)24-7-10-31-27(33-24)17-20-4-5-23-21(16-20)18-26(32-23)28(36)35-13-11-34(3)12-14-35;1-33-9-11-34(12-10-33)28(35)26-16-20-14-19(2-3-23(20)31-26)15-27-30-8-5-24(32-27)25-17-21(4-7-29-25)37-22-6-13-36-18-22/h2-5,8-9,16,18-19,22,32H,6-7,10-15,17H2,1H3;4-7,9-10,16,18-19,32,37H,8,11-15,17H2,1-3H3;2-5,7-8,14,16-17,22,31H,6,9-13,15,18H2,1H3/t;;22-/m..0/s1. The van der Waals surface area contributed by atoms with Crippen LogP contribution in [0.15, 0.2) is 165 Å². The van der Waals surface area contributed by atoms with Gasteiger partial charge in [0.25, 0.3) is 17.7 Å². The number of rotatable bonds is 20. The second-order valence-corrected chi connectivity index (χ2v) is 30.3. The smallest absolute Gasteiger partial charge is 0.270 e. The molecule has 3 aromatic carbocycles. The highest BCUT2D eigenvalue weighted by Gasteiger charge is 2.27. The number of hydrogen-bond donors (Lipinski definition) is 4. The molecule has 9 aromatic heterocycles. The van der Waals surface area contributed by atoms with Crippen LogP contribution in [0.2, 0.25) is 0 Å². The number of aliphatic hydroxyl groups is 1.